The molecule has 0 spiro atoms. The lowest BCUT2D eigenvalue weighted by molar-refractivity contribution is 0.843. The number of benzene rings is 1. The summed E-state index contributed by atoms with van der Waals surface area (Å²) in [5.74, 6) is 0. The molecule has 1 radical (unpaired) electrons. The predicted molar refractivity (Wildman–Crippen MR) is 72.0 cm³/mol. The van der Waals surface area contributed by atoms with Gasteiger partial charge in [-0.05, 0) is 54.5 Å². The van der Waals surface area contributed by atoms with E-state index in [0.29, 0.717) is 0 Å². The van der Waals surface area contributed by atoms with Crippen LogP contribution in [0, 0.1) is 13.0 Å². The van der Waals surface area contributed by atoms with Crippen molar-refractivity contribution in [3.8, 4) is 0 Å². The minimum absolute atomic E-state index is 1.18. The highest BCUT2D eigenvalue weighted by molar-refractivity contribution is 5.37. The summed E-state index contributed by atoms with van der Waals surface area (Å²) in [5.41, 5.74) is 5.87. The van der Waals surface area contributed by atoms with E-state index >= 15 is 0 Å². The van der Waals surface area contributed by atoms with Crippen molar-refractivity contribution in [3.05, 3.63) is 34.4 Å². The third kappa shape index (κ3) is 3.37. The molecule has 89 valence electrons. The van der Waals surface area contributed by atoms with Crippen molar-refractivity contribution in [1.82, 2.24) is 0 Å². The van der Waals surface area contributed by atoms with Gasteiger partial charge in [0.05, 0.1) is 0 Å². The first kappa shape index (κ1) is 13.3. The maximum absolute atomic E-state index is 3.67. The Morgan fingerprint density at radius 1 is 0.875 bits per heavy atom. The predicted octanol–water partition coefficient (Wildman–Crippen LogP) is 4.65. The van der Waals surface area contributed by atoms with E-state index in [4.69, 9.17) is 0 Å². The quantitative estimate of drug-likeness (QED) is 0.650. The molecule has 0 aliphatic heterocycles. The fraction of sp³-hybridized carbons (Fsp3) is 0.625. The normalized spacial score (nSPS) is 10.8. The monoisotopic (exact) mass is 217 g/mol. The van der Waals surface area contributed by atoms with Crippen LogP contribution in [0.25, 0.3) is 0 Å². The van der Waals surface area contributed by atoms with Gasteiger partial charge in [0.1, 0.15) is 0 Å². The van der Waals surface area contributed by atoms with E-state index < -0.39 is 0 Å². The number of hydrogen-bond donors (Lipinski definition) is 0. The van der Waals surface area contributed by atoms with Gasteiger partial charge in [-0.3, -0.25) is 0 Å². The lowest BCUT2D eigenvalue weighted by atomic mass is 9.92. The second kappa shape index (κ2) is 6.73. The molecule has 1 rings (SSSR count). The summed E-state index contributed by atoms with van der Waals surface area (Å²) in [6, 6.07) is 6.07. The lowest BCUT2D eigenvalue weighted by Gasteiger charge is -2.13. The molecule has 0 heterocycles. The summed E-state index contributed by atoms with van der Waals surface area (Å²) in [6.45, 7) is 8.98. The van der Waals surface area contributed by atoms with Crippen LogP contribution in [-0.2, 0) is 19.3 Å². The minimum atomic E-state index is 1.18. The molecule has 1 aromatic carbocycles. The summed E-state index contributed by atoms with van der Waals surface area (Å²) in [4.78, 5) is 0. The summed E-state index contributed by atoms with van der Waals surface area (Å²) >= 11 is 0. The van der Waals surface area contributed by atoms with Gasteiger partial charge in [-0.2, -0.15) is 0 Å². The summed E-state index contributed by atoms with van der Waals surface area (Å²) in [7, 11) is 0. The second-order valence-electron chi connectivity index (χ2n) is 4.68. The number of hydrogen-bond acceptors (Lipinski definition) is 0. The Balaban J connectivity index is 3.03. The van der Waals surface area contributed by atoms with Crippen molar-refractivity contribution in [3.63, 3.8) is 0 Å². The van der Waals surface area contributed by atoms with E-state index in [1.807, 2.05) is 0 Å². The molecule has 0 amide bonds. The molecule has 0 aliphatic carbocycles. The molecular weight excluding hydrogens is 192 g/mol. The van der Waals surface area contributed by atoms with Gasteiger partial charge in [-0.15, -0.1) is 0 Å². The number of rotatable bonds is 6. The summed E-state index contributed by atoms with van der Waals surface area (Å²) in [5, 5.41) is 0. The van der Waals surface area contributed by atoms with E-state index in [1.54, 1.807) is 0 Å². The molecule has 1 aromatic rings. The van der Waals surface area contributed by atoms with Crippen LogP contribution in [0.3, 0.4) is 0 Å². The summed E-state index contributed by atoms with van der Waals surface area (Å²) < 4.78 is 0. The molecule has 0 heteroatoms. The molecule has 0 saturated carbocycles. The van der Waals surface area contributed by atoms with Gasteiger partial charge in [0.15, 0.2) is 0 Å². The molecule has 0 nitrogen and oxygen atoms in total. The van der Waals surface area contributed by atoms with Crippen molar-refractivity contribution in [2.45, 2.75) is 66.2 Å². The molecule has 0 N–H and O–H groups in total. The first-order chi connectivity index (χ1) is 7.72. The van der Waals surface area contributed by atoms with Gasteiger partial charge in [-0.25, -0.2) is 0 Å². The van der Waals surface area contributed by atoms with Crippen LogP contribution in [0.15, 0.2) is 6.07 Å². The fourth-order valence-corrected chi connectivity index (χ4v) is 2.27. The number of aryl methyl sites for hydroxylation is 4. The highest BCUT2D eigenvalue weighted by atomic mass is 14.1. The molecule has 0 bridgehead atoms. The van der Waals surface area contributed by atoms with Crippen LogP contribution in [0.1, 0.15) is 62.3 Å². The maximum Gasteiger partial charge on any atom is -0.0109 e. The van der Waals surface area contributed by atoms with Gasteiger partial charge in [0.2, 0.25) is 0 Å². The fourth-order valence-electron chi connectivity index (χ4n) is 2.27. The van der Waals surface area contributed by atoms with Gasteiger partial charge >= 0.3 is 0 Å². The molecule has 0 aliphatic rings. The Labute approximate surface area is 101 Å². The maximum atomic E-state index is 3.67. The molecule has 0 saturated heterocycles. The average molecular weight is 217 g/mol. The van der Waals surface area contributed by atoms with Crippen LogP contribution in [0.4, 0.5) is 0 Å². The van der Waals surface area contributed by atoms with Gasteiger partial charge < -0.3 is 0 Å². The van der Waals surface area contributed by atoms with Crippen molar-refractivity contribution in [1.29, 1.82) is 0 Å². The van der Waals surface area contributed by atoms with Crippen molar-refractivity contribution in [2.75, 3.05) is 0 Å². The third-order valence-electron chi connectivity index (χ3n) is 3.08. The Bertz CT molecular complexity index is 323. The highest BCUT2D eigenvalue weighted by Gasteiger charge is 2.06. The van der Waals surface area contributed by atoms with Crippen molar-refractivity contribution >= 4 is 0 Å². The zero-order valence-electron chi connectivity index (χ0n) is 11.3. The first-order valence-electron chi connectivity index (χ1n) is 6.76. The second-order valence-corrected chi connectivity index (χ2v) is 4.68. The molecular formula is C16H25. The Morgan fingerprint density at radius 2 is 1.44 bits per heavy atom. The smallest absolute Gasteiger partial charge is 0.0109 e. The van der Waals surface area contributed by atoms with Gasteiger partial charge in [0.25, 0.3) is 0 Å². The molecule has 16 heavy (non-hydrogen) atoms. The van der Waals surface area contributed by atoms with E-state index in [2.05, 4.69) is 39.8 Å². The van der Waals surface area contributed by atoms with E-state index in [1.165, 1.54) is 60.8 Å². The van der Waals surface area contributed by atoms with E-state index in [0.717, 1.165) is 0 Å². The first-order valence-corrected chi connectivity index (χ1v) is 6.76. The van der Waals surface area contributed by atoms with Crippen molar-refractivity contribution in [2.24, 2.45) is 0 Å². The third-order valence-corrected chi connectivity index (χ3v) is 3.08. The van der Waals surface area contributed by atoms with Gasteiger partial charge in [-0.1, -0.05) is 46.1 Å². The minimum Gasteiger partial charge on any atom is -0.0651 e. The Hall–Kier alpha value is -0.780. The molecule has 0 aromatic heterocycles. The largest absolute Gasteiger partial charge is 0.0651 e. The van der Waals surface area contributed by atoms with Crippen molar-refractivity contribution < 1.29 is 0 Å². The topological polar surface area (TPSA) is 0 Å². The molecule has 0 fully saturated rings. The zero-order valence-corrected chi connectivity index (χ0v) is 11.3. The van der Waals surface area contributed by atoms with Crippen LogP contribution >= 0.6 is 0 Å². The van der Waals surface area contributed by atoms with Crippen LogP contribution in [0.2, 0.25) is 0 Å². The van der Waals surface area contributed by atoms with Crippen LogP contribution < -0.4 is 0 Å². The Morgan fingerprint density at radius 3 is 2.00 bits per heavy atom. The zero-order chi connectivity index (χ0) is 12.0. The lowest BCUT2D eigenvalue weighted by Crippen LogP contribution is -2.00. The van der Waals surface area contributed by atoms with Crippen LogP contribution in [-0.4, -0.2) is 0 Å². The SMILES string of the molecule is CCCc1[c]c(CCC)c(CCC)cc1C. The van der Waals surface area contributed by atoms with E-state index in [9.17, 15) is 0 Å². The molecule has 0 unspecified atom stereocenters. The van der Waals surface area contributed by atoms with Gasteiger partial charge in [0, 0.05) is 0 Å². The molecule has 0 atom stereocenters. The standard InChI is InChI=1S/C16H25/c1-5-8-14-12-16(10-7-3)15(9-6-2)11-13(14)4/h11H,5-10H2,1-4H3. The summed E-state index contributed by atoms with van der Waals surface area (Å²) in [6.07, 6.45) is 7.25. The van der Waals surface area contributed by atoms with E-state index in [-0.39, 0.29) is 0 Å². The average Bonchev–Trinajstić information content (AvgIpc) is 2.25. The highest BCUT2D eigenvalue weighted by Crippen LogP contribution is 2.20. The van der Waals surface area contributed by atoms with Crippen LogP contribution in [0.5, 0.6) is 0 Å². The Kier molecular flexibility index (Phi) is 5.59.